The van der Waals surface area contributed by atoms with E-state index in [-0.39, 0.29) is 11.5 Å². The molecule has 2 amide bonds. The van der Waals surface area contributed by atoms with Crippen LogP contribution in [0.2, 0.25) is 0 Å². The van der Waals surface area contributed by atoms with E-state index < -0.39 is 23.7 Å². The Labute approximate surface area is 198 Å². The van der Waals surface area contributed by atoms with Crippen LogP contribution in [0.3, 0.4) is 0 Å². The fraction of sp³-hybridized carbons (Fsp3) is 0.261. The van der Waals surface area contributed by atoms with Crippen molar-refractivity contribution < 1.29 is 28.6 Å². The van der Waals surface area contributed by atoms with Gasteiger partial charge in [0.05, 0.1) is 18.1 Å². The number of esters is 1. The van der Waals surface area contributed by atoms with Crippen molar-refractivity contribution in [3.05, 3.63) is 63.0 Å². The molecule has 1 saturated heterocycles. The summed E-state index contributed by atoms with van der Waals surface area (Å²) in [4.78, 5) is 37.5. The predicted molar refractivity (Wildman–Crippen MR) is 125 cm³/mol. The van der Waals surface area contributed by atoms with Crippen LogP contribution in [-0.4, -0.2) is 41.8 Å². The molecule has 1 aliphatic rings. The standard InChI is InChI=1S/C23H22BrNO6S/c1-3-29-19-11-16(7-10-18(19)31-14-15-5-8-17(24)9-6-15)12-20-22(27)25(23(28)32-20)13-21(26)30-4-2/h5-12H,3-4,13-14H2,1-2H3/b20-12-. The van der Waals surface area contributed by atoms with E-state index in [1.54, 1.807) is 31.2 Å². The number of carbonyl (C=O) groups excluding carboxylic acids is 3. The Morgan fingerprint density at radius 3 is 2.47 bits per heavy atom. The zero-order valence-corrected chi connectivity index (χ0v) is 20.0. The molecule has 0 aliphatic carbocycles. The fourth-order valence-corrected chi connectivity index (χ4v) is 3.97. The first kappa shape index (κ1) is 23.9. The topological polar surface area (TPSA) is 82.1 Å². The van der Waals surface area contributed by atoms with Crippen LogP contribution in [0.4, 0.5) is 4.79 Å². The van der Waals surface area contributed by atoms with Crippen LogP contribution in [0.5, 0.6) is 11.5 Å². The van der Waals surface area contributed by atoms with Crippen molar-refractivity contribution in [2.75, 3.05) is 19.8 Å². The molecule has 2 aromatic carbocycles. The molecule has 0 spiro atoms. The summed E-state index contributed by atoms with van der Waals surface area (Å²) >= 11 is 4.19. The summed E-state index contributed by atoms with van der Waals surface area (Å²) in [6.07, 6.45) is 1.59. The van der Waals surface area contributed by atoms with E-state index in [1.807, 2.05) is 31.2 Å². The number of amides is 2. The first-order valence-electron chi connectivity index (χ1n) is 9.96. The smallest absolute Gasteiger partial charge is 0.326 e. The quantitative estimate of drug-likeness (QED) is 0.339. The summed E-state index contributed by atoms with van der Waals surface area (Å²) in [6, 6.07) is 13.1. The molecule has 1 fully saturated rings. The summed E-state index contributed by atoms with van der Waals surface area (Å²) in [6.45, 7) is 4.12. The van der Waals surface area contributed by atoms with Crippen LogP contribution in [0, 0.1) is 0 Å². The molecule has 0 bridgehead atoms. The molecule has 0 aromatic heterocycles. The lowest BCUT2D eigenvalue weighted by molar-refractivity contribution is -0.145. The van der Waals surface area contributed by atoms with Gasteiger partial charge in [-0.3, -0.25) is 19.3 Å². The minimum Gasteiger partial charge on any atom is -0.490 e. The van der Waals surface area contributed by atoms with E-state index in [1.165, 1.54) is 0 Å². The number of hydrogen-bond donors (Lipinski definition) is 0. The van der Waals surface area contributed by atoms with Gasteiger partial charge in [0.2, 0.25) is 0 Å². The number of carbonyl (C=O) groups is 3. The lowest BCUT2D eigenvalue weighted by Crippen LogP contribution is -2.34. The first-order chi connectivity index (χ1) is 15.4. The Bertz CT molecular complexity index is 1040. The largest absolute Gasteiger partial charge is 0.490 e. The molecule has 0 atom stereocenters. The molecule has 7 nitrogen and oxygen atoms in total. The molecular weight excluding hydrogens is 498 g/mol. The maximum atomic E-state index is 12.6. The zero-order valence-electron chi connectivity index (χ0n) is 17.6. The number of benzene rings is 2. The minimum absolute atomic E-state index is 0.182. The minimum atomic E-state index is -0.623. The number of rotatable bonds is 9. The van der Waals surface area contributed by atoms with Crippen LogP contribution in [0.1, 0.15) is 25.0 Å². The second kappa shape index (κ2) is 11.2. The van der Waals surface area contributed by atoms with Gasteiger partial charge in [-0.25, -0.2) is 0 Å². The third kappa shape index (κ3) is 6.14. The highest BCUT2D eigenvalue weighted by Gasteiger charge is 2.36. The van der Waals surface area contributed by atoms with Gasteiger partial charge in [-0.2, -0.15) is 0 Å². The highest BCUT2D eigenvalue weighted by atomic mass is 79.9. The average Bonchev–Trinajstić information content (AvgIpc) is 3.02. The molecule has 0 saturated carbocycles. The van der Waals surface area contributed by atoms with Crippen LogP contribution in [0.25, 0.3) is 6.08 Å². The molecule has 9 heteroatoms. The van der Waals surface area contributed by atoms with E-state index in [2.05, 4.69) is 15.9 Å². The zero-order chi connectivity index (χ0) is 23.1. The van der Waals surface area contributed by atoms with Gasteiger partial charge in [0.25, 0.3) is 11.1 Å². The lowest BCUT2D eigenvalue weighted by atomic mass is 10.1. The molecule has 0 N–H and O–H groups in total. The van der Waals surface area contributed by atoms with Gasteiger partial charge in [0.15, 0.2) is 11.5 Å². The maximum Gasteiger partial charge on any atom is 0.326 e. The number of halogens is 1. The van der Waals surface area contributed by atoms with E-state index in [0.29, 0.717) is 30.3 Å². The molecule has 0 radical (unpaired) electrons. The summed E-state index contributed by atoms with van der Waals surface area (Å²) in [5.41, 5.74) is 1.68. The average molecular weight is 520 g/mol. The molecule has 1 aliphatic heterocycles. The van der Waals surface area contributed by atoms with E-state index >= 15 is 0 Å². The maximum absolute atomic E-state index is 12.6. The van der Waals surface area contributed by atoms with Gasteiger partial charge in [-0.1, -0.05) is 34.1 Å². The van der Waals surface area contributed by atoms with Gasteiger partial charge in [-0.05, 0) is 67.1 Å². The Morgan fingerprint density at radius 1 is 1.03 bits per heavy atom. The third-order valence-corrected chi connectivity index (χ3v) is 5.78. The summed E-state index contributed by atoms with van der Waals surface area (Å²) in [7, 11) is 0. The molecule has 168 valence electrons. The molecule has 0 unspecified atom stereocenters. The third-order valence-electron chi connectivity index (χ3n) is 4.34. The first-order valence-corrected chi connectivity index (χ1v) is 11.6. The highest BCUT2D eigenvalue weighted by Crippen LogP contribution is 2.35. The van der Waals surface area contributed by atoms with E-state index in [0.717, 1.165) is 26.7 Å². The fourth-order valence-electron chi connectivity index (χ4n) is 2.87. The lowest BCUT2D eigenvalue weighted by Gasteiger charge is -2.13. The summed E-state index contributed by atoms with van der Waals surface area (Å²) in [5, 5.41) is -0.506. The number of imide groups is 1. The van der Waals surface area contributed by atoms with Crippen LogP contribution in [0.15, 0.2) is 51.8 Å². The highest BCUT2D eigenvalue weighted by molar-refractivity contribution is 9.10. The van der Waals surface area contributed by atoms with Crippen LogP contribution >= 0.6 is 27.7 Å². The number of nitrogens with zero attached hydrogens (tertiary/aromatic N) is 1. The van der Waals surface area contributed by atoms with Crippen molar-refractivity contribution in [2.24, 2.45) is 0 Å². The van der Waals surface area contributed by atoms with E-state index in [4.69, 9.17) is 14.2 Å². The Kier molecular flexibility index (Phi) is 8.35. The van der Waals surface area contributed by atoms with Crippen LogP contribution < -0.4 is 9.47 Å². The van der Waals surface area contributed by atoms with Gasteiger partial charge in [0.1, 0.15) is 13.2 Å². The number of ether oxygens (including phenoxy) is 3. The van der Waals surface area contributed by atoms with Gasteiger partial charge in [-0.15, -0.1) is 0 Å². The van der Waals surface area contributed by atoms with Gasteiger partial charge >= 0.3 is 5.97 Å². The molecule has 2 aromatic rings. The van der Waals surface area contributed by atoms with Crippen LogP contribution in [-0.2, 0) is 20.9 Å². The Hall–Kier alpha value is -2.78. The second-order valence-electron chi connectivity index (χ2n) is 6.63. The predicted octanol–water partition coefficient (Wildman–Crippen LogP) is 5.03. The van der Waals surface area contributed by atoms with Crippen molar-refractivity contribution in [1.82, 2.24) is 4.90 Å². The Morgan fingerprint density at radius 2 is 1.78 bits per heavy atom. The number of hydrogen-bond acceptors (Lipinski definition) is 7. The SMILES string of the molecule is CCOC(=O)CN1C(=O)S/C(=C\c2ccc(OCc3ccc(Br)cc3)c(OCC)c2)C1=O. The summed E-state index contributed by atoms with van der Waals surface area (Å²) in [5.74, 6) is -0.0463. The van der Waals surface area contributed by atoms with E-state index in [9.17, 15) is 14.4 Å². The molecule has 32 heavy (non-hydrogen) atoms. The normalized spacial score (nSPS) is 14.7. The number of thioether (sulfide) groups is 1. The van der Waals surface area contributed by atoms with Crippen molar-refractivity contribution in [2.45, 2.75) is 20.5 Å². The molecule has 1 heterocycles. The molecule has 3 rings (SSSR count). The van der Waals surface area contributed by atoms with Crippen molar-refractivity contribution in [1.29, 1.82) is 0 Å². The monoisotopic (exact) mass is 519 g/mol. The summed E-state index contributed by atoms with van der Waals surface area (Å²) < 4.78 is 17.4. The van der Waals surface area contributed by atoms with Crippen molar-refractivity contribution in [3.8, 4) is 11.5 Å². The second-order valence-corrected chi connectivity index (χ2v) is 8.54. The van der Waals surface area contributed by atoms with Crippen molar-refractivity contribution in [3.63, 3.8) is 0 Å². The van der Waals surface area contributed by atoms with Gasteiger partial charge in [0, 0.05) is 4.47 Å². The Balaban J connectivity index is 1.75. The molecular formula is C23H22BrNO6S. The van der Waals surface area contributed by atoms with Gasteiger partial charge < -0.3 is 14.2 Å². The van der Waals surface area contributed by atoms with Crippen molar-refractivity contribution >= 4 is 50.9 Å².